The van der Waals surface area contributed by atoms with Crippen molar-refractivity contribution in [3.05, 3.63) is 65.4 Å². The standard InChI is InChI=1S/C18H18N2O2/c1-2-22-18(21)16-6-4-3-5-12(16)10-15-11-13-9-14(19)7-8-17(13)20-15/h3-9,11,20H,2,10,19H2,1H3. The van der Waals surface area contributed by atoms with Crippen molar-refractivity contribution >= 4 is 22.6 Å². The molecule has 3 N–H and O–H groups in total. The molecule has 3 aromatic rings. The highest BCUT2D eigenvalue weighted by atomic mass is 16.5. The van der Waals surface area contributed by atoms with E-state index in [-0.39, 0.29) is 5.97 Å². The van der Waals surface area contributed by atoms with Crippen LogP contribution in [0.1, 0.15) is 28.5 Å². The zero-order chi connectivity index (χ0) is 15.5. The smallest absolute Gasteiger partial charge is 0.338 e. The van der Waals surface area contributed by atoms with Crippen molar-refractivity contribution in [3.63, 3.8) is 0 Å². The van der Waals surface area contributed by atoms with Crippen LogP contribution in [-0.2, 0) is 11.2 Å². The fourth-order valence-electron chi connectivity index (χ4n) is 2.59. The minimum absolute atomic E-state index is 0.279. The summed E-state index contributed by atoms with van der Waals surface area (Å²) in [5.41, 5.74) is 10.2. The van der Waals surface area contributed by atoms with Gasteiger partial charge in [-0.25, -0.2) is 4.79 Å². The van der Waals surface area contributed by atoms with Crippen LogP contribution in [0, 0.1) is 0 Å². The number of hydrogen-bond donors (Lipinski definition) is 2. The fraction of sp³-hybridized carbons (Fsp3) is 0.167. The Morgan fingerprint density at radius 1 is 1.18 bits per heavy atom. The summed E-state index contributed by atoms with van der Waals surface area (Å²) >= 11 is 0. The highest BCUT2D eigenvalue weighted by Gasteiger charge is 2.13. The van der Waals surface area contributed by atoms with E-state index < -0.39 is 0 Å². The van der Waals surface area contributed by atoms with Crippen LogP contribution in [0.25, 0.3) is 10.9 Å². The summed E-state index contributed by atoms with van der Waals surface area (Å²) in [6, 6.07) is 15.4. The monoisotopic (exact) mass is 294 g/mol. The Morgan fingerprint density at radius 3 is 2.82 bits per heavy atom. The molecule has 1 aromatic heterocycles. The average Bonchev–Trinajstić information content (AvgIpc) is 2.89. The van der Waals surface area contributed by atoms with Gasteiger partial charge in [-0.1, -0.05) is 18.2 Å². The largest absolute Gasteiger partial charge is 0.462 e. The summed E-state index contributed by atoms with van der Waals surface area (Å²) in [6.45, 7) is 2.18. The Labute approximate surface area is 128 Å². The maximum atomic E-state index is 12.0. The summed E-state index contributed by atoms with van der Waals surface area (Å²) in [7, 11) is 0. The zero-order valence-electron chi connectivity index (χ0n) is 12.4. The highest BCUT2D eigenvalue weighted by Crippen LogP contribution is 2.21. The molecule has 4 heteroatoms. The molecule has 2 aromatic carbocycles. The Bertz CT molecular complexity index is 821. The van der Waals surface area contributed by atoms with Crippen LogP contribution in [-0.4, -0.2) is 17.6 Å². The van der Waals surface area contributed by atoms with Crippen LogP contribution in [0.5, 0.6) is 0 Å². The Kier molecular flexibility index (Phi) is 3.83. The highest BCUT2D eigenvalue weighted by molar-refractivity contribution is 5.91. The number of nitrogen functional groups attached to an aromatic ring is 1. The lowest BCUT2D eigenvalue weighted by Crippen LogP contribution is -2.08. The van der Waals surface area contributed by atoms with Gasteiger partial charge in [0.25, 0.3) is 0 Å². The fourth-order valence-corrected chi connectivity index (χ4v) is 2.59. The van der Waals surface area contributed by atoms with Crippen LogP contribution in [0.2, 0.25) is 0 Å². The second-order valence-corrected chi connectivity index (χ2v) is 5.20. The number of carbonyl (C=O) groups excluding carboxylic acids is 1. The summed E-state index contributed by atoms with van der Waals surface area (Å²) in [6.07, 6.45) is 0.642. The number of carbonyl (C=O) groups is 1. The number of ether oxygens (including phenoxy) is 1. The van der Waals surface area contributed by atoms with E-state index in [1.807, 2.05) is 43.3 Å². The van der Waals surface area contributed by atoms with Crippen LogP contribution in [0.4, 0.5) is 5.69 Å². The maximum absolute atomic E-state index is 12.0. The topological polar surface area (TPSA) is 68.1 Å². The molecule has 0 fully saturated rings. The van der Waals surface area contributed by atoms with Gasteiger partial charge in [0.1, 0.15) is 0 Å². The van der Waals surface area contributed by atoms with Gasteiger partial charge >= 0.3 is 5.97 Å². The molecule has 4 nitrogen and oxygen atoms in total. The second-order valence-electron chi connectivity index (χ2n) is 5.20. The lowest BCUT2D eigenvalue weighted by Gasteiger charge is -2.07. The van der Waals surface area contributed by atoms with E-state index in [0.717, 1.165) is 27.8 Å². The van der Waals surface area contributed by atoms with Crippen molar-refractivity contribution in [1.29, 1.82) is 0 Å². The first-order chi connectivity index (χ1) is 10.7. The minimum Gasteiger partial charge on any atom is -0.462 e. The van der Waals surface area contributed by atoms with E-state index in [2.05, 4.69) is 11.1 Å². The number of fused-ring (bicyclic) bond motifs is 1. The Balaban J connectivity index is 1.93. The van der Waals surface area contributed by atoms with E-state index in [1.54, 1.807) is 6.07 Å². The zero-order valence-corrected chi connectivity index (χ0v) is 12.4. The van der Waals surface area contributed by atoms with Crippen LogP contribution in [0.3, 0.4) is 0 Å². The molecular formula is C18H18N2O2. The molecule has 0 bridgehead atoms. The van der Waals surface area contributed by atoms with Gasteiger partial charge in [0.15, 0.2) is 0 Å². The average molecular weight is 294 g/mol. The van der Waals surface area contributed by atoms with Gasteiger partial charge in [-0.15, -0.1) is 0 Å². The summed E-state index contributed by atoms with van der Waals surface area (Å²) in [4.78, 5) is 15.4. The maximum Gasteiger partial charge on any atom is 0.338 e. The van der Waals surface area contributed by atoms with E-state index >= 15 is 0 Å². The second kappa shape index (κ2) is 5.93. The van der Waals surface area contributed by atoms with Crippen LogP contribution < -0.4 is 5.73 Å². The van der Waals surface area contributed by atoms with Gasteiger partial charge in [-0.05, 0) is 42.8 Å². The quantitative estimate of drug-likeness (QED) is 0.571. The number of anilines is 1. The lowest BCUT2D eigenvalue weighted by molar-refractivity contribution is 0.0525. The van der Waals surface area contributed by atoms with E-state index in [4.69, 9.17) is 10.5 Å². The van der Waals surface area contributed by atoms with Crippen LogP contribution in [0.15, 0.2) is 48.5 Å². The van der Waals surface area contributed by atoms with Crippen molar-refractivity contribution in [2.75, 3.05) is 12.3 Å². The third-order valence-corrected chi connectivity index (χ3v) is 3.59. The molecule has 0 amide bonds. The van der Waals surface area contributed by atoms with Crippen molar-refractivity contribution in [1.82, 2.24) is 4.98 Å². The molecular weight excluding hydrogens is 276 g/mol. The molecule has 0 aliphatic carbocycles. The first kappa shape index (κ1) is 14.2. The van der Waals surface area contributed by atoms with Gasteiger partial charge in [0.2, 0.25) is 0 Å². The van der Waals surface area contributed by atoms with Crippen molar-refractivity contribution in [2.45, 2.75) is 13.3 Å². The molecule has 22 heavy (non-hydrogen) atoms. The Hall–Kier alpha value is -2.75. The number of H-pyrrole nitrogens is 1. The molecule has 0 atom stereocenters. The molecule has 0 spiro atoms. The molecule has 0 aliphatic rings. The normalized spacial score (nSPS) is 10.8. The predicted octanol–water partition coefficient (Wildman–Crippen LogP) is 3.52. The third kappa shape index (κ3) is 2.81. The third-order valence-electron chi connectivity index (χ3n) is 3.59. The molecule has 0 unspecified atom stereocenters. The van der Waals surface area contributed by atoms with Gasteiger partial charge in [-0.2, -0.15) is 0 Å². The number of esters is 1. The number of benzene rings is 2. The van der Waals surface area contributed by atoms with E-state index in [0.29, 0.717) is 18.6 Å². The number of aromatic nitrogens is 1. The van der Waals surface area contributed by atoms with Gasteiger partial charge in [-0.3, -0.25) is 0 Å². The summed E-state index contributed by atoms with van der Waals surface area (Å²) in [5, 5.41) is 1.07. The van der Waals surface area contributed by atoms with Gasteiger partial charge < -0.3 is 15.5 Å². The first-order valence-corrected chi connectivity index (χ1v) is 7.29. The lowest BCUT2D eigenvalue weighted by atomic mass is 10.0. The summed E-state index contributed by atoms with van der Waals surface area (Å²) in [5.74, 6) is -0.279. The molecule has 1 heterocycles. The van der Waals surface area contributed by atoms with E-state index in [9.17, 15) is 4.79 Å². The number of aromatic amines is 1. The predicted molar refractivity (Wildman–Crippen MR) is 87.9 cm³/mol. The number of rotatable bonds is 4. The van der Waals surface area contributed by atoms with Crippen LogP contribution >= 0.6 is 0 Å². The number of nitrogens with two attached hydrogens (primary N) is 1. The number of nitrogens with one attached hydrogen (secondary N) is 1. The van der Waals surface area contributed by atoms with Gasteiger partial charge in [0, 0.05) is 28.7 Å². The molecule has 0 radical (unpaired) electrons. The minimum atomic E-state index is -0.279. The summed E-state index contributed by atoms with van der Waals surface area (Å²) < 4.78 is 5.12. The van der Waals surface area contributed by atoms with E-state index in [1.165, 1.54) is 0 Å². The molecule has 0 saturated carbocycles. The molecule has 3 rings (SSSR count). The molecule has 0 saturated heterocycles. The molecule has 112 valence electrons. The van der Waals surface area contributed by atoms with Crippen molar-refractivity contribution in [2.24, 2.45) is 0 Å². The SMILES string of the molecule is CCOC(=O)c1ccccc1Cc1cc2cc(N)ccc2[nH]1. The number of hydrogen-bond acceptors (Lipinski definition) is 3. The van der Waals surface area contributed by atoms with Gasteiger partial charge in [0.05, 0.1) is 12.2 Å². The molecule has 0 aliphatic heterocycles. The van der Waals surface area contributed by atoms with Crippen molar-refractivity contribution in [3.8, 4) is 0 Å². The van der Waals surface area contributed by atoms with Crippen molar-refractivity contribution < 1.29 is 9.53 Å². The first-order valence-electron chi connectivity index (χ1n) is 7.29. The Morgan fingerprint density at radius 2 is 2.00 bits per heavy atom.